The van der Waals surface area contributed by atoms with Crippen molar-refractivity contribution in [3.63, 3.8) is 0 Å². The molecule has 13 nitrogen and oxygen atoms in total. The molecule has 3 aromatic carbocycles. The van der Waals surface area contributed by atoms with E-state index >= 15 is 0 Å². The number of methoxy groups -OCH3 is 2. The second kappa shape index (κ2) is 17.6. The van der Waals surface area contributed by atoms with Gasteiger partial charge in [-0.05, 0) is 66.1 Å². The number of ether oxygens (including phenoxy) is 3. The van der Waals surface area contributed by atoms with Crippen LogP contribution in [0.15, 0.2) is 85.2 Å². The van der Waals surface area contributed by atoms with Crippen LogP contribution in [0, 0.1) is 0 Å². The lowest BCUT2D eigenvalue weighted by Gasteiger charge is -2.34. The number of carbonyl (C=O) groups is 1. The summed E-state index contributed by atoms with van der Waals surface area (Å²) in [5.74, 6) is 3.97. The molecular weight excluding hydrogens is 719 g/mol. The second-order valence-electron chi connectivity index (χ2n) is 14.7. The number of likely N-dealkylation sites (N-methyl/N-ethyl adjacent to an activating group) is 1. The summed E-state index contributed by atoms with van der Waals surface area (Å²) >= 11 is 0. The number of rotatable bonds is 13. The maximum Gasteiger partial charge on any atom is 0.228 e. The van der Waals surface area contributed by atoms with E-state index in [1.54, 1.807) is 14.2 Å². The van der Waals surface area contributed by atoms with Crippen LogP contribution in [0.5, 0.6) is 11.5 Å². The fraction of sp³-hybridized carbons (Fsp3) is 0.386. The van der Waals surface area contributed by atoms with Crippen LogP contribution in [0.1, 0.15) is 29.2 Å². The topological polar surface area (TPSA) is 113 Å². The molecule has 5 aromatic rings. The number of anilines is 4. The first-order valence-electron chi connectivity index (χ1n) is 19.9. The number of morpholine rings is 1. The van der Waals surface area contributed by atoms with Gasteiger partial charge in [0.1, 0.15) is 17.3 Å². The lowest BCUT2D eigenvalue weighted by molar-refractivity contribution is -0.132. The predicted molar refractivity (Wildman–Crippen MR) is 222 cm³/mol. The maximum absolute atomic E-state index is 13.3. The van der Waals surface area contributed by atoms with Crippen LogP contribution in [0.2, 0.25) is 0 Å². The molecule has 2 saturated heterocycles. The summed E-state index contributed by atoms with van der Waals surface area (Å²) in [7, 11) is 3.35. The number of benzene rings is 3. The van der Waals surface area contributed by atoms with Crippen molar-refractivity contribution in [2.75, 3.05) is 94.5 Å². The van der Waals surface area contributed by atoms with Crippen molar-refractivity contribution in [2.45, 2.75) is 32.9 Å². The van der Waals surface area contributed by atoms with Gasteiger partial charge in [0.25, 0.3) is 0 Å². The van der Waals surface area contributed by atoms with E-state index in [9.17, 15) is 4.79 Å². The standard InChI is InChI=1S/C44H51N9O4/c1-4-49-18-20-50(21-19-49)40(54)27-34-6-5-7-36(26-34)53-17-16-39-41(47-44(48-42(39)53)51-22-24-57-25-23-51)35-28-45-43(46-29-35)52(30-32-8-12-37(55-2)13-9-32)31-33-10-14-38(56-3)15-11-33/h5-15,26,28-29H,4,16-25,27,30-31H2,1-3H3. The molecule has 0 atom stereocenters. The fourth-order valence-corrected chi connectivity index (χ4v) is 7.78. The Morgan fingerprint density at radius 3 is 2.04 bits per heavy atom. The number of fused-ring (bicyclic) bond motifs is 1. The van der Waals surface area contributed by atoms with E-state index in [4.69, 9.17) is 34.1 Å². The summed E-state index contributed by atoms with van der Waals surface area (Å²) in [6, 6.07) is 24.5. The Labute approximate surface area is 334 Å². The first kappa shape index (κ1) is 38.1. The third kappa shape index (κ3) is 8.79. The molecule has 2 aromatic heterocycles. The fourth-order valence-electron chi connectivity index (χ4n) is 7.78. The molecular formula is C44H51N9O4. The van der Waals surface area contributed by atoms with E-state index in [1.165, 1.54) is 0 Å². The van der Waals surface area contributed by atoms with Gasteiger partial charge >= 0.3 is 0 Å². The van der Waals surface area contributed by atoms with Crippen LogP contribution >= 0.6 is 0 Å². The summed E-state index contributed by atoms with van der Waals surface area (Å²) in [6.45, 7) is 11.2. The van der Waals surface area contributed by atoms with Gasteiger partial charge in [0.05, 0.1) is 39.5 Å². The highest BCUT2D eigenvalue weighted by Crippen LogP contribution is 2.39. The lowest BCUT2D eigenvalue weighted by Crippen LogP contribution is -2.48. The van der Waals surface area contributed by atoms with E-state index in [-0.39, 0.29) is 5.91 Å². The Morgan fingerprint density at radius 1 is 0.772 bits per heavy atom. The van der Waals surface area contributed by atoms with Crippen molar-refractivity contribution in [1.82, 2.24) is 29.7 Å². The van der Waals surface area contributed by atoms with Gasteiger partial charge in [-0.15, -0.1) is 0 Å². The molecule has 0 bridgehead atoms. The van der Waals surface area contributed by atoms with Crippen LogP contribution in [0.25, 0.3) is 11.3 Å². The molecule has 8 rings (SSSR count). The first-order chi connectivity index (χ1) is 28.0. The Bertz CT molecular complexity index is 2070. The van der Waals surface area contributed by atoms with Crippen molar-refractivity contribution >= 4 is 29.3 Å². The van der Waals surface area contributed by atoms with Crippen molar-refractivity contribution in [2.24, 2.45) is 0 Å². The SMILES string of the molecule is CCN1CCN(C(=O)Cc2cccc(N3CCc4c(-c5cnc(N(Cc6ccc(OC)cc6)Cc6ccc(OC)cc6)nc5)nc(N5CCOCC5)nc43)c2)CC1. The summed E-state index contributed by atoms with van der Waals surface area (Å²) in [6.07, 6.45) is 4.92. The maximum atomic E-state index is 13.3. The molecule has 0 spiro atoms. The van der Waals surface area contributed by atoms with E-state index in [2.05, 4.69) is 69.0 Å². The predicted octanol–water partition coefficient (Wildman–Crippen LogP) is 5.40. The molecule has 3 aliphatic rings. The molecule has 0 unspecified atom stereocenters. The average molecular weight is 770 g/mol. The average Bonchev–Trinajstić information content (AvgIpc) is 3.71. The van der Waals surface area contributed by atoms with E-state index in [0.29, 0.717) is 57.7 Å². The third-order valence-corrected chi connectivity index (χ3v) is 11.1. The first-order valence-corrected chi connectivity index (χ1v) is 19.9. The molecule has 1 amide bonds. The molecule has 296 valence electrons. The summed E-state index contributed by atoms with van der Waals surface area (Å²) in [4.78, 5) is 44.7. The van der Waals surface area contributed by atoms with Crippen LogP contribution in [0.3, 0.4) is 0 Å². The van der Waals surface area contributed by atoms with Gasteiger partial charge in [-0.1, -0.05) is 43.3 Å². The van der Waals surface area contributed by atoms with Gasteiger partial charge in [0.2, 0.25) is 17.8 Å². The van der Waals surface area contributed by atoms with Crippen molar-refractivity contribution in [3.05, 3.63) is 107 Å². The van der Waals surface area contributed by atoms with Crippen LogP contribution in [-0.2, 0) is 35.5 Å². The normalized spacial score (nSPS) is 15.7. The summed E-state index contributed by atoms with van der Waals surface area (Å²) in [5.41, 5.74) is 6.99. The van der Waals surface area contributed by atoms with Gasteiger partial charge < -0.3 is 38.7 Å². The minimum atomic E-state index is 0.180. The van der Waals surface area contributed by atoms with Gasteiger partial charge in [-0.3, -0.25) is 4.79 Å². The van der Waals surface area contributed by atoms with Gasteiger partial charge in [0, 0.05) is 88.1 Å². The van der Waals surface area contributed by atoms with Crippen LogP contribution in [-0.4, -0.2) is 115 Å². The monoisotopic (exact) mass is 769 g/mol. The summed E-state index contributed by atoms with van der Waals surface area (Å²) < 4.78 is 16.5. The zero-order valence-electron chi connectivity index (χ0n) is 33.1. The second-order valence-corrected chi connectivity index (χ2v) is 14.7. The van der Waals surface area contributed by atoms with Crippen LogP contribution in [0.4, 0.5) is 23.4 Å². The summed E-state index contributed by atoms with van der Waals surface area (Å²) in [5, 5.41) is 0. The molecule has 0 saturated carbocycles. The Hall–Kier alpha value is -5.79. The van der Waals surface area contributed by atoms with Gasteiger partial charge in [-0.25, -0.2) is 15.0 Å². The highest BCUT2D eigenvalue weighted by Gasteiger charge is 2.30. The van der Waals surface area contributed by atoms with E-state index in [1.807, 2.05) is 47.6 Å². The highest BCUT2D eigenvalue weighted by atomic mass is 16.5. The number of nitrogens with zero attached hydrogens (tertiary/aromatic N) is 9. The van der Waals surface area contributed by atoms with Gasteiger partial charge in [0.15, 0.2) is 0 Å². The minimum Gasteiger partial charge on any atom is -0.497 e. The van der Waals surface area contributed by atoms with Crippen LogP contribution < -0.4 is 24.2 Å². The quantitative estimate of drug-likeness (QED) is 0.153. The molecule has 0 radical (unpaired) electrons. The number of amides is 1. The number of aromatic nitrogens is 4. The zero-order valence-corrected chi connectivity index (χ0v) is 33.1. The minimum absolute atomic E-state index is 0.180. The molecule has 0 N–H and O–H groups in total. The zero-order chi connectivity index (χ0) is 39.1. The molecule has 2 fully saturated rings. The number of hydrogen-bond acceptors (Lipinski definition) is 12. The van der Waals surface area contributed by atoms with E-state index < -0.39 is 0 Å². The van der Waals surface area contributed by atoms with Crippen molar-refractivity contribution in [1.29, 1.82) is 0 Å². The number of hydrogen-bond donors (Lipinski definition) is 0. The molecule has 57 heavy (non-hydrogen) atoms. The molecule has 5 heterocycles. The largest absolute Gasteiger partial charge is 0.497 e. The number of piperazine rings is 1. The highest BCUT2D eigenvalue weighted by molar-refractivity contribution is 5.80. The van der Waals surface area contributed by atoms with Crippen molar-refractivity contribution < 1.29 is 19.0 Å². The van der Waals surface area contributed by atoms with E-state index in [0.717, 1.165) is 102 Å². The smallest absolute Gasteiger partial charge is 0.228 e. The van der Waals surface area contributed by atoms with Crippen molar-refractivity contribution in [3.8, 4) is 22.8 Å². The number of carbonyl (C=O) groups excluding carboxylic acids is 1. The van der Waals surface area contributed by atoms with Gasteiger partial charge in [-0.2, -0.15) is 4.98 Å². The molecule has 13 heteroatoms. The third-order valence-electron chi connectivity index (χ3n) is 11.1. The Kier molecular flexibility index (Phi) is 11.7. The molecule has 3 aliphatic heterocycles. The Balaban J connectivity index is 1.08. The molecule has 0 aliphatic carbocycles. The Morgan fingerprint density at radius 2 is 1.42 bits per heavy atom. The lowest BCUT2D eigenvalue weighted by atomic mass is 10.1.